The Morgan fingerprint density at radius 2 is 2.12 bits per heavy atom. The van der Waals surface area contributed by atoms with Crippen molar-refractivity contribution in [3.05, 3.63) is 16.1 Å². The molecule has 0 saturated carbocycles. The van der Waals surface area contributed by atoms with Gasteiger partial charge < -0.3 is 5.32 Å². The predicted octanol–water partition coefficient (Wildman–Crippen LogP) is 3.76. The maximum Gasteiger partial charge on any atom is 0.0897 e. The molecule has 0 radical (unpaired) electrons. The Labute approximate surface area is 103 Å². The largest absolute Gasteiger partial charge is 0.308 e. The average molecular weight is 240 g/mol. The van der Waals surface area contributed by atoms with E-state index in [0.29, 0.717) is 6.04 Å². The summed E-state index contributed by atoms with van der Waals surface area (Å²) in [5.41, 5.74) is 1.19. The maximum absolute atomic E-state index is 4.47. The summed E-state index contributed by atoms with van der Waals surface area (Å²) in [5.74, 6) is 0.814. The third kappa shape index (κ3) is 4.62. The molecule has 0 aromatic carbocycles. The lowest BCUT2D eigenvalue weighted by atomic mass is 9.98. The van der Waals surface area contributed by atoms with Gasteiger partial charge in [0.1, 0.15) is 0 Å². The number of hydrogen-bond donors (Lipinski definition) is 1. The highest BCUT2D eigenvalue weighted by Gasteiger charge is 2.10. The summed E-state index contributed by atoms with van der Waals surface area (Å²) in [7, 11) is 0. The fraction of sp³-hybridized carbons (Fsp3) is 0.769. The molecule has 2 atom stereocenters. The first-order valence-electron chi connectivity index (χ1n) is 6.30. The van der Waals surface area contributed by atoms with Crippen LogP contribution in [0.3, 0.4) is 0 Å². The van der Waals surface area contributed by atoms with E-state index < -0.39 is 0 Å². The van der Waals surface area contributed by atoms with Gasteiger partial charge in [-0.05, 0) is 25.7 Å². The van der Waals surface area contributed by atoms with E-state index in [-0.39, 0.29) is 0 Å². The summed E-state index contributed by atoms with van der Waals surface area (Å²) in [6.45, 7) is 9.83. The number of aromatic nitrogens is 1. The van der Waals surface area contributed by atoms with E-state index in [1.54, 1.807) is 11.3 Å². The molecule has 0 aliphatic heterocycles. The van der Waals surface area contributed by atoms with Crippen LogP contribution in [0.1, 0.15) is 50.7 Å². The van der Waals surface area contributed by atoms with Crippen LogP contribution in [0, 0.1) is 12.8 Å². The van der Waals surface area contributed by atoms with Gasteiger partial charge in [0.15, 0.2) is 0 Å². The van der Waals surface area contributed by atoms with E-state index >= 15 is 0 Å². The van der Waals surface area contributed by atoms with Gasteiger partial charge in [-0.3, -0.25) is 0 Å². The van der Waals surface area contributed by atoms with Gasteiger partial charge in [-0.15, -0.1) is 11.3 Å². The van der Waals surface area contributed by atoms with Gasteiger partial charge in [0.25, 0.3) is 0 Å². The molecule has 0 spiro atoms. The minimum Gasteiger partial charge on any atom is -0.308 e. The van der Waals surface area contributed by atoms with Crippen molar-refractivity contribution in [2.75, 3.05) is 0 Å². The van der Waals surface area contributed by atoms with E-state index in [4.69, 9.17) is 0 Å². The van der Waals surface area contributed by atoms with Crippen molar-refractivity contribution in [3.63, 3.8) is 0 Å². The SMILES string of the molecule is CCC(C)CC(CC)NCc1csc(C)n1. The Balaban J connectivity index is 2.33. The molecule has 1 rings (SSSR count). The van der Waals surface area contributed by atoms with Gasteiger partial charge in [-0.2, -0.15) is 0 Å². The first-order chi connectivity index (χ1) is 7.65. The van der Waals surface area contributed by atoms with Crippen molar-refractivity contribution in [1.82, 2.24) is 10.3 Å². The minimum atomic E-state index is 0.636. The standard InChI is InChI=1S/C13H24N2S/c1-5-10(3)7-12(6-2)14-8-13-9-16-11(4)15-13/h9-10,12,14H,5-8H2,1-4H3. The lowest BCUT2D eigenvalue weighted by molar-refractivity contribution is 0.383. The van der Waals surface area contributed by atoms with Gasteiger partial charge in [0.2, 0.25) is 0 Å². The molecule has 0 aliphatic rings. The van der Waals surface area contributed by atoms with E-state index in [1.807, 2.05) is 0 Å². The average Bonchev–Trinajstić information content (AvgIpc) is 2.69. The van der Waals surface area contributed by atoms with Crippen molar-refractivity contribution in [2.45, 2.75) is 59.5 Å². The first kappa shape index (κ1) is 13.7. The van der Waals surface area contributed by atoms with Crippen molar-refractivity contribution in [2.24, 2.45) is 5.92 Å². The molecule has 92 valence electrons. The molecule has 1 heterocycles. The van der Waals surface area contributed by atoms with Crippen LogP contribution in [0.5, 0.6) is 0 Å². The zero-order valence-corrected chi connectivity index (χ0v) is 11.7. The lowest BCUT2D eigenvalue weighted by Gasteiger charge is -2.19. The maximum atomic E-state index is 4.47. The normalized spacial score (nSPS) is 15.0. The first-order valence-corrected chi connectivity index (χ1v) is 7.18. The second kappa shape index (κ2) is 7.02. The highest BCUT2D eigenvalue weighted by atomic mass is 32.1. The molecule has 2 unspecified atom stereocenters. The molecule has 0 fully saturated rings. The van der Waals surface area contributed by atoms with Crippen LogP contribution < -0.4 is 5.32 Å². The van der Waals surface area contributed by atoms with E-state index in [0.717, 1.165) is 17.5 Å². The van der Waals surface area contributed by atoms with Crippen LogP contribution >= 0.6 is 11.3 Å². The Morgan fingerprint density at radius 3 is 2.62 bits per heavy atom. The topological polar surface area (TPSA) is 24.9 Å². The Hall–Kier alpha value is -0.410. The Kier molecular flexibility index (Phi) is 5.99. The van der Waals surface area contributed by atoms with E-state index in [1.165, 1.54) is 25.0 Å². The third-order valence-corrected chi connectivity index (χ3v) is 3.94. The third-order valence-electron chi connectivity index (χ3n) is 3.12. The second-order valence-electron chi connectivity index (χ2n) is 4.59. The van der Waals surface area contributed by atoms with Gasteiger partial charge in [0.05, 0.1) is 10.7 Å². The highest BCUT2D eigenvalue weighted by molar-refractivity contribution is 7.09. The van der Waals surface area contributed by atoms with E-state index in [9.17, 15) is 0 Å². The predicted molar refractivity (Wildman–Crippen MR) is 71.8 cm³/mol. The Morgan fingerprint density at radius 1 is 1.38 bits per heavy atom. The molecule has 0 amide bonds. The molecule has 1 N–H and O–H groups in total. The minimum absolute atomic E-state index is 0.636. The smallest absolute Gasteiger partial charge is 0.0897 e. The Bertz CT molecular complexity index is 296. The van der Waals surface area contributed by atoms with Crippen molar-refractivity contribution >= 4 is 11.3 Å². The van der Waals surface area contributed by atoms with Crippen LogP contribution in [0.25, 0.3) is 0 Å². The van der Waals surface area contributed by atoms with Gasteiger partial charge in [-0.25, -0.2) is 4.98 Å². The summed E-state index contributed by atoms with van der Waals surface area (Å²) in [4.78, 5) is 4.47. The van der Waals surface area contributed by atoms with Crippen LogP contribution in [-0.2, 0) is 6.54 Å². The number of nitrogens with one attached hydrogen (secondary N) is 1. The molecule has 2 nitrogen and oxygen atoms in total. The molecule has 3 heteroatoms. The number of rotatable bonds is 7. The molecular formula is C13H24N2S. The lowest BCUT2D eigenvalue weighted by Crippen LogP contribution is -2.29. The van der Waals surface area contributed by atoms with Gasteiger partial charge in [0, 0.05) is 18.0 Å². The zero-order valence-electron chi connectivity index (χ0n) is 10.9. The molecule has 0 aliphatic carbocycles. The van der Waals surface area contributed by atoms with Crippen molar-refractivity contribution in [1.29, 1.82) is 0 Å². The summed E-state index contributed by atoms with van der Waals surface area (Å²) in [6, 6.07) is 0.636. The fourth-order valence-electron chi connectivity index (χ4n) is 1.79. The van der Waals surface area contributed by atoms with E-state index in [2.05, 4.69) is 43.4 Å². The second-order valence-corrected chi connectivity index (χ2v) is 5.66. The number of nitrogens with zero attached hydrogens (tertiary/aromatic N) is 1. The number of hydrogen-bond acceptors (Lipinski definition) is 3. The summed E-state index contributed by atoms with van der Waals surface area (Å²) in [6.07, 6.45) is 3.75. The monoisotopic (exact) mass is 240 g/mol. The molecular weight excluding hydrogens is 216 g/mol. The fourth-order valence-corrected chi connectivity index (χ4v) is 2.40. The molecule has 1 aromatic heterocycles. The summed E-state index contributed by atoms with van der Waals surface area (Å²) in [5, 5.41) is 6.92. The van der Waals surface area contributed by atoms with Crippen LogP contribution in [0.4, 0.5) is 0 Å². The molecule has 0 saturated heterocycles. The van der Waals surface area contributed by atoms with Crippen LogP contribution in [0.2, 0.25) is 0 Å². The van der Waals surface area contributed by atoms with Crippen LogP contribution in [-0.4, -0.2) is 11.0 Å². The number of aryl methyl sites for hydroxylation is 1. The summed E-state index contributed by atoms with van der Waals surface area (Å²) >= 11 is 1.73. The van der Waals surface area contributed by atoms with Crippen molar-refractivity contribution in [3.8, 4) is 0 Å². The molecule has 1 aromatic rings. The zero-order chi connectivity index (χ0) is 12.0. The molecule has 16 heavy (non-hydrogen) atoms. The van der Waals surface area contributed by atoms with Crippen molar-refractivity contribution < 1.29 is 0 Å². The number of thiazole rings is 1. The molecule has 0 bridgehead atoms. The quantitative estimate of drug-likeness (QED) is 0.785. The highest BCUT2D eigenvalue weighted by Crippen LogP contribution is 2.13. The van der Waals surface area contributed by atoms with Gasteiger partial charge >= 0.3 is 0 Å². The van der Waals surface area contributed by atoms with Gasteiger partial charge in [-0.1, -0.05) is 27.2 Å². The summed E-state index contributed by atoms with van der Waals surface area (Å²) < 4.78 is 0. The van der Waals surface area contributed by atoms with Crippen LogP contribution in [0.15, 0.2) is 5.38 Å².